The van der Waals surface area contributed by atoms with Crippen molar-refractivity contribution in [1.82, 2.24) is 10.2 Å². The lowest BCUT2D eigenvalue weighted by Crippen LogP contribution is -2.07. The van der Waals surface area contributed by atoms with Crippen LogP contribution >= 0.6 is 0 Å². The number of nitrogens with zero attached hydrogens (tertiary/aromatic N) is 2. The first kappa shape index (κ1) is 12.2. The maximum absolute atomic E-state index is 12.0. The predicted octanol–water partition coefficient (Wildman–Crippen LogP) is 2.22. The molecule has 4 heteroatoms. The van der Waals surface area contributed by atoms with Gasteiger partial charge in [-0.05, 0) is 18.6 Å². The van der Waals surface area contributed by atoms with Crippen LogP contribution in [-0.4, -0.2) is 23.1 Å². The Morgan fingerprint density at radius 3 is 2.67 bits per heavy atom. The molecule has 0 spiro atoms. The third kappa shape index (κ3) is 2.91. The van der Waals surface area contributed by atoms with Crippen molar-refractivity contribution in [2.75, 3.05) is 7.11 Å². The fraction of sp³-hybridized carbons (Fsp3) is 0.214. The Bertz CT molecular complexity index is 550. The van der Waals surface area contributed by atoms with Gasteiger partial charge in [0.25, 0.3) is 0 Å². The van der Waals surface area contributed by atoms with E-state index in [-0.39, 0.29) is 5.78 Å². The van der Waals surface area contributed by atoms with Gasteiger partial charge in [0, 0.05) is 12.5 Å². The Morgan fingerprint density at radius 2 is 2.06 bits per heavy atom. The lowest BCUT2D eigenvalue weighted by molar-refractivity contribution is 0.0987. The largest absolute Gasteiger partial charge is 0.480 e. The van der Waals surface area contributed by atoms with Gasteiger partial charge >= 0.3 is 0 Å². The van der Waals surface area contributed by atoms with Crippen LogP contribution in [0.5, 0.6) is 5.88 Å². The van der Waals surface area contributed by atoms with Gasteiger partial charge in [-0.1, -0.05) is 29.8 Å². The monoisotopic (exact) mass is 242 g/mol. The molecule has 1 heterocycles. The van der Waals surface area contributed by atoms with Crippen LogP contribution in [0, 0.1) is 6.92 Å². The fourth-order valence-electron chi connectivity index (χ4n) is 1.68. The molecule has 1 aromatic carbocycles. The van der Waals surface area contributed by atoms with E-state index in [1.807, 2.05) is 31.2 Å². The first-order valence-electron chi connectivity index (χ1n) is 5.65. The number of aromatic nitrogens is 2. The van der Waals surface area contributed by atoms with Gasteiger partial charge in [-0.25, -0.2) is 0 Å². The normalized spacial score (nSPS) is 10.1. The van der Waals surface area contributed by atoms with Crippen LogP contribution < -0.4 is 4.74 Å². The van der Waals surface area contributed by atoms with Crippen molar-refractivity contribution in [2.24, 2.45) is 0 Å². The predicted molar refractivity (Wildman–Crippen MR) is 67.8 cm³/mol. The van der Waals surface area contributed by atoms with Crippen LogP contribution in [0.25, 0.3) is 0 Å². The molecular weight excluding hydrogens is 228 g/mol. The van der Waals surface area contributed by atoms with E-state index in [0.717, 1.165) is 11.1 Å². The molecule has 92 valence electrons. The minimum absolute atomic E-state index is 0.0456. The molecular formula is C14H14N2O2. The van der Waals surface area contributed by atoms with Gasteiger partial charge in [0.1, 0.15) is 5.69 Å². The maximum atomic E-state index is 12.0. The van der Waals surface area contributed by atoms with Gasteiger partial charge in [-0.3, -0.25) is 4.79 Å². The lowest BCUT2D eigenvalue weighted by atomic mass is 10.0. The summed E-state index contributed by atoms with van der Waals surface area (Å²) in [5.74, 6) is 0.359. The van der Waals surface area contributed by atoms with Crippen LogP contribution in [-0.2, 0) is 6.42 Å². The van der Waals surface area contributed by atoms with Crippen LogP contribution in [0.2, 0.25) is 0 Å². The molecule has 0 saturated heterocycles. The highest BCUT2D eigenvalue weighted by Gasteiger charge is 2.09. The van der Waals surface area contributed by atoms with Crippen LogP contribution in [0.15, 0.2) is 36.4 Å². The molecule has 0 bridgehead atoms. The number of hydrogen-bond donors (Lipinski definition) is 0. The summed E-state index contributed by atoms with van der Waals surface area (Å²) in [6.45, 7) is 2.00. The van der Waals surface area contributed by atoms with Gasteiger partial charge in [0.05, 0.1) is 7.11 Å². The minimum atomic E-state index is -0.0456. The van der Waals surface area contributed by atoms with Gasteiger partial charge in [0.15, 0.2) is 5.78 Å². The number of carbonyl (C=O) groups is 1. The first-order chi connectivity index (χ1) is 8.69. The Kier molecular flexibility index (Phi) is 3.67. The van der Waals surface area contributed by atoms with E-state index in [1.54, 1.807) is 12.1 Å². The molecule has 2 rings (SSSR count). The topological polar surface area (TPSA) is 52.1 Å². The van der Waals surface area contributed by atoms with Crippen LogP contribution in [0.1, 0.15) is 21.6 Å². The van der Waals surface area contributed by atoms with E-state index in [0.29, 0.717) is 18.0 Å². The fourth-order valence-corrected chi connectivity index (χ4v) is 1.68. The molecule has 0 radical (unpaired) electrons. The first-order valence-corrected chi connectivity index (χ1v) is 5.65. The molecule has 0 saturated carbocycles. The average molecular weight is 242 g/mol. The van der Waals surface area contributed by atoms with E-state index in [1.165, 1.54) is 7.11 Å². The molecule has 0 atom stereocenters. The van der Waals surface area contributed by atoms with Crippen molar-refractivity contribution in [3.63, 3.8) is 0 Å². The summed E-state index contributed by atoms with van der Waals surface area (Å²) in [7, 11) is 1.51. The lowest BCUT2D eigenvalue weighted by Gasteiger charge is -2.02. The number of carbonyl (C=O) groups excluding carboxylic acids is 1. The molecule has 4 nitrogen and oxygen atoms in total. The molecule has 0 aliphatic rings. The number of benzene rings is 1. The summed E-state index contributed by atoms with van der Waals surface area (Å²) >= 11 is 0. The number of methoxy groups -OCH3 is 1. The van der Waals surface area contributed by atoms with E-state index in [4.69, 9.17) is 4.74 Å². The summed E-state index contributed by atoms with van der Waals surface area (Å²) in [5.41, 5.74) is 2.48. The molecule has 0 fully saturated rings. The summed E-state index contributed by atoms with van der Waals surface area (Å²) in [5, 5.41) is 7.63. The van der Waals surface area contributed by atoms with Crippen molar-refractivity contribution in [3.8, 4) is 5.88 Å². The number of Topliss-reactive ketones (excluding diaryl/α,β-unsaturated/α-hetero) is 1. The maximum Gasteiger partial charge on any atom is 0.233 e. The average Bonchev–Trinajstić information content (AvgIpc) is 2.39. The molecule has 2 aromatic rings. The third-order valence-corrected chi connectivity index (χ3v) is 2.58. The summed E-state index contributed by atoms with van der Waals surface area (Å²) < 4.78 is 4.90. The molecule has 0 amide bonds. The second kappa shape index (κ2) is 5.40. The number of rotatable bonds is 4. The van der Waals surface area contributed by atoms with E-state index < -0.39 is 0 Å². The standard InChI is InChI=1S/C14H14N2O2/c1-10-4-3-5-11(8-10)9-13(17)12-6-7-14(18-2)16-15-12/h3-8H,9H2,1-2H3. The zero-order chi connectivity index (χ0) is 13.0. The van der Waals surface area contributed by atoms with Crippen molar-refractivity contribution < 1.29 is 9.53 Å². The van der Waals surface area contributed by atoms with Crippen molar-refractivity contribution in [1.29, 1.82) is 0 Å². The van der Waals surface area contributed by atoms with Gasteiger partial charge in [-0.15, -0.1) is 10.2 Å². The highest BCUT2D eigenvalue weighted by atomic mass is 16.5. The second-order valence-electron chi connectivity index (χ2n) is 4.05. The highest BCUT2D eigenvalue weighted by Crippen LogP contribution is 2.09. The molecule has 0 aliphatic heterocycles. The van der Waals surface area contributed by atoms with Gasteiger partial charge < -0.3 is 4.74 Å². The van der Waals surface area contributed by atoms with Gasteiger partial charge in [-0.2, -0.15) is 0 Å². The molecule has 1 aromatic heterocycles. The SMILES string of the molecule is COc1ccc(C(=O)Cc2cccc(C)c2)nn1. The number of ether oxygens (including phenoxy) is 1. The molecule has 0 N–H and O–H groups in total. The van der Waals surface area contributed by atoms with E-state index in [2.05, 4.69) is 10.2 Å². The Hall–Kier alpha value is -2.23. The second-order valence-corrected chi connectivity index (χ2v) is 4.05. The summed E-state index contributed by atoms with van der Waals surface area (Å²) in [6.07, 6.45) is 0.336. The quantitative estimate of drug-likeness (QED) is 0.771. The summed E-state index contributed by atoms with van der Waals surface area (Å²) in [6, 6.07) is 11.1. The molecule has 18 heavy (non-hydrogen) atoms. The van der Waals surface area contributed by atoms with Crippen LogP contribution in [0.4, 0.5) is 0 Å². The van der Waals surface area contributed by atoms with Crippen molar-refractivity contribution >= 4 is 5.78 Å². The number of aryl methyl sites for hydroxylation is 1. The highest BCUT2D eigenvalue weighted by molar-refractivity contribution is 5.95. The van der Waals surface area contributed by atoms with Crippen molar-refractivity contribution in [2.45, 2.75) is 13.3 Å². The smallest absolute Gasteiger partial charge is 0.233 e. The van der Waals surface area contributed by atoms with Crippen molar-refractivity contribution in [3.05, 3.63) is 53.2 Å². The number of ketones is 1. The Morgan fingerprint density at radius 1 is 1.22 bits per heavy atom. The zero-order valence-electron chi connectivity index (χ0n) is 10.4. The Labute approximate surface area is 106 Å². The van der Waals surface area contributed by atoms with Gasteiger partial charge in [0.2, 0.25) is 5.88 Å². The summed E-state index contributed by atoms with van der Waals surface area (Å²) in [4.78, 5) is 12.0. The molecule has 0 unspecified atom stereocenters. The van der Waals surface area contributed by atoms with Crippen LogP contribution in [0.3, 0.4) is 0 Å². The Balaban J connectivity index is 2.11. The number of hydrogen-bond acceptors (Lipinski definition) is 4. The molecule has 0 aliphatic carbocycles. The van der Waals surface area contributed by atoms with E-state index >= 15 is 0 Å². The minimum Gasteiger partial charge on any atom is -0.480 e. The zero-order valence-corrected chi connectivity index (χ0v) is 10.4. The third-order valence-electron chi connectivity index (χ3n) is 2.58. The van der Waals surface area contributed by atoms with E-state index in [9.17, 15) is 4.79 Å².